The van der Waals surface area contributed by atoms with Crippen molar-refractivity contribution in [3.8, 4) is 5.75 Å². The zero-order chi connectivity index (χ0) is 31.2. The van der Waals surface area contributed by atoms with Gasteiger partial charge in [0.15, 0.2) is 0 Å². The molecule has 0 radical (unpaired) electrons. The molecule has 0 saturated carbocycles. The molecule has 13 heteroatoms. The molecule has 2 aromatic carbocycles. The highest BCUT2D eigenvalue weighted by Crippen LogP contribution is 2.59. The van der Waals surface area contributed by atoms with Gasteiger partial charge in [-0.25, -0.2) is 9.07 Å². The lowest BCUT2D eigenvalue weighted by Crippen LogP contribution is -2.49. The minimum atomic E-state index is -3.69. The monoisotopic (exact) mass is 625 g/mol. The van der Waals surface area contributed by atoms with Crippen LogP contribution in [0.1, 0.15) is 60.2 Å². The van der Waals surface area contributed by atoms with Gasteiger partial charge in [0.1, 0.15) is 27.6 Å². The molecule has 4 heterocycles. The first-order chi connectivity index (χ1) is 21.0. The summed E-state index contributed by atoms with van der Waals surface area (Å²) in [6, 6.07) is 11.3. The third-order valence-electron chi connectivity index (χ3n) is 8.70. The molecule has 1 atom stereocenters. The number of ether oxygens (including phenoxy) is 2. The number of aromatic nitrogens is 4. The Morgan fingerprint density at radius 1 is 1.14 bits per heavy atom. The van der Waals surface area contributed by atoms with E-state index in [-0.39, 0.29) is 30.2 Å². The van der Waals surface area contributed by atoms with Crippen LogP contribution in [0.15, 0.2) is 47.4 Å². The Hall–Kier alpha value is -3.62. The van der Waals surface area contributed by atoms with Gasteiger partial charge in [-0.2, -0.15) is 4.31 Å². The average molecular weight is 626 g/mol. The first-order valence-electron chi connectivity index (χ1n) is 14.6. The molecule has 1 fully saturated rings. The summed E-state index contributed by atoms with van der Waals surface area (Å²) in [4.78, 5) is 17.0. The molecule has 6 rings (SSSR count). The molecular weight excluding hydrogens is 589 g/mol. The van der Waals surface area contributed by atoms with Gasteiger partial charge >= 0.3 is 5.97 Å². The zero-order valence-electron chi connectivity index (χ0n) is 24.9. The van der Waals surface area contributed by atoms with Crippen LogP contribution >= 0.6 is 10.8 Å². The molecule has 1 spiro atoms. The first kappa shape index (κ1) is 30.4. The first-order valence-corrected chi connectivity index (χ1v) is 16.1. The van der Waals surface area contributed by atoms with E-state index in [2.05, 4.69) is 10.3 Å². The number of aryl methyl sites for hydroxylation is 3. The van der Waals surface area contributed by atoms with Gasteiger partial charge in [-0.15, -0.1) is 15.9 Å². The number of nitrogens with zero attached hydrogens (tertiary/aromatic N) is 5. The van der Waals surface area contributed by atoms with Gasteiger partial charge < -0.3 is 14.6 Å². The smallest absolute Gasteiger partial charge is 0.304 e. The van der Waals surface area contributed by atoms with Crippen molar-refractivity contribution in [2.24, 2.45) is 0 Å². The maximum atomic E-state index is 14.4. The predicted molar refractivity (Wildman–Crippen MR) is 162 cm³/mol. The molecule has 0 amide bonds. The minimum absolute atomic E-state index is 0.0116. The average Bonchev–Trinajstić information content (AvgIpc) is 3.39. The van der Waals surface area contributed by atoms with Crippen molar-refractivity contribution < 1.29 is 32.9 Å². The Balaban J connectivity index is 1.41. The fourth-order valence-electron chi connectivity index (χ4n) is 6.20. The molecule has 2 aliphatic heterocycles. The SMILES string of the molecule is CCn1nnc2c(C)c(C(CC(=O)O)c3ccc(C)c(CN4CC5(CCOCC5)Oc5ccc(F)cc5S4(O)O)n3)ccc21. The Morgan fingerprint density at radius 3 is 2.64 bits per heavy atom. The summed E-state index contributed by atoms with van der Waals surface area (Å²) in [5.41, 5.74) is 4.29. The molecule has 234 valence electrons. The van der Waals surface area contributed by atoms with Crippen LogP contribution in [-0.2, 0) is 22.6 Å². The quantitative estimate of drug-likeness (QED) is 0.235. The molecule has 0 aliphatic carbocycles. The van der Waals surface area contributed by atoms with Crippen LogP contribution in [0.25, 0.3) is 11.0 Å². The number of carboxylic acids is 1. The standard InChI is InChI=1S/C31H36FN5O6S/c1-4-37-26-9-7-22(20(3)30(26)34-35-37)23(16-29(38)39)24-8-5-19(2)25(33-24)17-36-18-31(11-13-42-14-12-31)43-27-10-6-21(32)15-28(27)44(36,40)41/h5-10,15,23,40-41H,4,11-14,16-18H2,1-3H3,(H,38,39). The normalized spacial score (nSPS) is 19.2. The summed E-state index contributed by atoms with van der Waals surface area (Å²) < 4.78 is 53.0. The predicted octanol–water partition coefficient (Wildman–Crippen LogP) is 5.68. The van der Waals surface area contributed by atoms with Crippen LogP contribution in [0.5, 0.6) is 5.75 Å². The number of aliphatic carboxylic acids is 1. The summed E-state index contributed by atoms with van der Waals surface area (Å²) in [6.45, 7) is 7.49. The fraction of sp³-hybridized carbons (Fsp3) is 0.419. The van der Waals surface area contributed by atoms with E-state index in [1.807, 2.05) is 45.0 Å². The highest BCUT2D eigenvalue weighted by Gasteiger charge is 2.45. The van der Waals surface area contributed by atoms with Crippen molar-refractivity contribution in [2.75, 3.05) is 19.8 Å². The molecule has 2 aromatic heterocycles. The van der Waals surface area contributed by atoms with Crippen molar-refractivity contribution in [1.29, 1.82) is 0 Å². The Labute approximate surface area is 256 Å². The maximum absolute atomic E-state index is 14.4. The van der Waals surface area contributed by atoms with Crippen LogP contribution in [0.2, 0.25) is 0 Å². The molecule has 4 aromatic rings. The van der Waals surface area contributed by atoms with Crippen molar-refractivity contribution in [1.82, 2.24) is 24.3 Å². The van der Waals surface area contributed by atoms with Crippen LogP contribution in [0, 0.1) is 19.7 Å². The lowest BCUT2D eigenvalue weighted by molar-refractivity contribution is -0.137. The number of hydrogen-bond donors (Lipinski definition) is 3. The second-order valence-electron chi connectivity index (χ2n) is 11.5. The van der Waals surface area contributed by atoms with Gasteiger partial charge in [-0.3, -0.25) is 18.9 Å². The van der Waals surface area contributed by atoms with E-state index in [0.29, 0.717) is 49.5 Å². The Morgan fingerprint density at radius 2 is 1.91 bits per heavy atom. The largest absolute Gasteiger partial charge is 0.484 e. The van der Waals surface area contributed by atoms with Crippen LogP contribution < -0.4 is 4.74 Å². The van der Waals surface area contributed by atoms with Gasteiger partial charge in [0.05, 0.1) is 43.9 Å². The topological polar surface area (TPSA) is 143 Å². The van der Waals surface area contributed by atoms with Crippen molar-refractivity contribution >= 4 is 27.8 Å². The second-order valence-corrected chi connectivity index (χ2v) is 13.5. The van der Waals surface area contributed by atoms with Crippen LogP contribution in [0.4, 0.5) is 4.39 Å². The summed E-state index contributed by atoms with van der Waals surface area (Å²) in [7, 11) is -3.69. The van der Waals surface area contributed by atoms with Crippen LogP contribution in [-0.4, -0.2) is 69.8 Å². The summed E-state index contributed by atoms with van der Waals surface area (Å²) in [5, 5.41) is 18.5. The lowest BCUT2D eigenvalue weighted by atomic mass is 9.88. The van der Waals surface area contributed by atoms with Gasteiger partial charge in [0, 0.05) is 37.1 Å². The summed E-state index contributed by atoms with van der Waals surface area (Å²) in [6.07, 6.45) is 0.840. The van der Waals surface area contributed by atoms with E-state index in [0.717, 1.165) is 28.3 Å². The molecule has 2 aliphatic rings. The molecule has 0 bridgehead atoms. The van der Waals surface area contributed by atoms with Crippen molar-refractivity contribution in [2.45, 2.75) is 69.5 Å². The number of carbonyl (C=O) groups is 1. The van der Waals surface area contributed by atoms with E-state index in [4.69, 9.17) is 14.5 Å². The number of halogens is 1. The number of fused-ring (bicyclic) bond motifs is 2. The van der Waals surface area contributed by atoms with E-state index in [9.17, 15) is 23.4 Å². The molecular formula is C31H36FN5O6S. The Kier molecular flexibility index (Phi) is 8.09. The Bertz CT molecular complexity index is 1720. The number of carboxylic acid groups (broad SMARTS) is 1. The number of pyridine rings is 1. The summed E-state index contributed by atoms with van der Waals surface area (Å²) in [5.74, 6) is -1.93. The third-order valence-corrected chi connectivity index (χ3v) is 10.6. The molecule has 3 N–H and O–H groups in total. The van der Waals surface area contributed by atoms with Crippen LogP contribution in [0.3, 0.4) is 0 Å². The summed E-state index contributed by atoms with van der Waals surface area (Å²) >= 11 is 0. The highest BCUT2D eigenvalue weighted by molar-refractivity contribution is 8.22. The zero-order valence-corrected chi connectivity index (χ0v) is 25.7. The van der Waals surface area contributed by atoms with E-state index >= 15 is 0 Å². The van der Waals surface area contributed by atoms with Gasteiger partial charge in [-0.1, -0.05) is 17.3 Å². The highest BCUT2D eigenvalue weighted by atomic mass is 32.3. The lowest BCUT2D eigenvalue weighted by Gasteiger charge is -2.44. The van der Waals surface area contributed by atoms with E-state index < -0.39 is 34.1 Å². The van der Waals surface area contributed by atoms with Gasteiger partial charge in [0.25, 0.3) is 0 Å². The number of rotatable bonds is 7. The van der Waals surface area contributed by atoms with Gasteiger partial charge in [0.2, 0.25) is 0 Å². The molecule has 11 nitrogen and oxygen atoms in total. The maximum Gasteiger partial charge on any atom is 0.304 e. The van der Waals surface area contributed by atoms with Crippen molar-refractivity contribution in [3.63, 3.8) is 0 Å². The fourth-order valence-corrected chi connectivity index (χ4v) is 7.84. The molecule has 1 unspecified atom stereocenters. The third kappa shape index (κ3) is 5.54. The van der Waals surface area contributed by atoms with E-state index in [1.54, 1.807) is 4.68 Å². The molecule has 1 saturated heterocycles. The van der Waals surface area contributed by atoms with Gasteiger partial charge in [-0.05, 0) is 61.7 Å². The van der Waals surface area contributed by atoms with Crippen molar-refractivity contribution in [3.05, 3.63) is 76.4 Å². The minimum Gasteiger partial charge on any atom is -0.484 e. The number of benzene rings is 2. The molecule has 44 heavy (non-hydrogen) atoms. The van der Waals surface area contributed by atoms with E-state index in [1.165, 1.54) is 16.4 Å². The second kappa shape index (κ2) is 11.7. The number of hydrogen-bond acceptors (Lipinski definition) is 9.